The van der Waals surface area contributed by atoms with Crippen molar-refractivity contribution in [1.82, 2.24) is 5.32 Å². The lowest BCUT2D eigenvalue weighted by molar-refractivity contribution is 0.0748. The Morgan fingerprint density at radius 3 is 3.11 bits per heavy atom. The first-order chi connectivity index (χ1) is 9.24. The lowest BCUT2D eigenvalue weighted by Gasteiger charge is -2.36. The molecule has 4 nitrogen and oxygen atoms in total. The van der Waals surface area contributed by atoms with Crippen molar-refractivity contribution >= 4 is 16.9 Å². The summed E-state index contributed by atoms with van der Waals surface area (Å²) in [7, 11) is 1.69. The van der Waals surface area contributed by atoms with Gasteiger partial charge in [0.15, 0.2) is 5.17 Å². The van der Waals surface area contributed by atoms with Gasteiger partial charge in [-0.1, -0.05) is 31.5 Å². The van der Waals surface area contributed by atoms with Gasteiger partial charge in [0.1, 0.15) is 0 Å². The average molecular weight is 286 g/mol. The molecule has 2 fully saturated rings. The largest absolute Gasteiger partial charge is 0.382 e. The zero-order chi connectivity index (χ0) is 13.6. The highest BCUT2D eigenvalue weighted by Gasteiger charge is 2.40. The van der Waals surface area contributed by atoms with Crippen molar-refractivity contribution in [3.05, 3.63) is 0 Å². The van der Waals surface area contributed by atoms with E-state index in [9.17, 15) is 0 Å². The van der Waals surface area contributed by atoms with E-state index in [1.807, 2.05) is 11.8 Å². The van der Waals surface area contributed by atoms with Crippen LogP contribution >= 0.6 is 11.8 Å². The summed E-state index contributed by atoms with van der Waals surface area (Å²) in [5.41, 5.74) is 0.331. The van der Waals surface area contributed by atoms with E-state index in [2.05, 4.69) is 17.2 Å². The van der Waals surface area contributed by atoms with E-state index >= 15 is 0 Å². The molecule has 0 aromatic rings. The SMILES string of the molecule is COCCOCCN=C1NC2(CCCC(C)C2)CS1. The highest BCUT2D eigenvalue weighted by atomic mass is 32.2. The van der Waals surface area contributed by atoms with Crippen LogP contribution in [0.15, 0.2) is 4.99 Å². The minimum Gasteiger partial charge on any atom is -0.382 e. The third-order valence-electron chi connectivity index (χ3n) is 3.87. The van der Waals surface area contributed by atoms with Gasteiger partial charge in [-0.3, -0.25) is 4.99 Å². The molecule has 2 aliphatic rings. The quantitative estimate of drug-likeness (QED) is 0.761. The van der Waals surface area contributed by atoms with Crippen molar-refractivity contribution in [2.75, 3.05) is 39.2 Å². The van der Waals surface area contributed by atoms with Gasteiger partial charge in [0.05, 0.1) is 26.4 Å². The molecule has 1 spiro atoms. The standard InChI is InChI=1S/C14H26N2O2S/c1-12-4-3-5-14(10-12)11-19-13(16-14)15-6-7-18-9-8-17-2/h12H,3-11H2,1-2H3,(H,15,16). The molecule has 0 aromatic heterocycles. The maximum atomic E-state index is 5.42. The minimum absolute atomic E-state index is 0.331. The first-order valence-electron chi connectivity index (χ1n) is 7.26. The predicted molar refractivity (Wildman–Crippen MR) is 81.0 cm³/mol. The smallest absolute Gasteiger partial charge is 0.157 e. The van der Waals surface area contributed by atoms with Crippen LogP contribution in [0.2, 0.25) is 0 Å². The van der Waals surface area contributed by atoms with Gasteiger partial charge in [-0.25, -0.2) is 0 Å². The van der Waals surface area contributed by atoms with Crippen LogP contribution in [-0.4, -0.2) is 49.9 Å². The maximum Gasteiger partial charge on any atom is 0.157 e. The second kappa shape index (κ2) is 7.50. The second-order valence-electron chi connectivity index (χ2n) is 5.69. The number of nitrogens with zero attached hydrogens (tertiary/aromatic N) is 1. The van der Waals surface area contributed by atoms with Crippen molar-refractivity contribution in [1.29, 1.82) is 0 Å². The monoisotopic (exact) mass is 286 g/mol. The number of hydrogen-bond acceptors (Lipinski definition) is 4. The Kier molecular flexibility index (Phi) is 5.98. The second-order valence-corrected chi connectivity index (χ2v) is 6.65. The molecular formula is C14H26N2O2S. The summed E-state index contributed by atoms with van der Waals surface area (Å²) < 4.78 is 10.3. The average Bonchev–Trinajstić information content (AvgIpc) is 2.76. The molecule has 1 N–H and O–H groups in total. The molecule has 0 amide bonds. The molecule has 110 valence electrons. The molecule has 19 heavy (non-hydrogen) atoms. The van der Waals surface area contributed by atoms with E-state index in [0.717, 1.165) is 17.6 Å². The molecule has 1 aliphatic carbocycles. The van der Waals surface area contributed by atoms with Gasteiger partial charge in [-0.2, -0.15) is 0 Å². The number of nitrogens with one attached hydrogen (secondary N) is 1. The van der Waals surface area contributed by atoms with Crippen molar-refractivity contribution in [2.24, 2.45) is 10.9 Å². The molecule has 2 atom stereocenters. The summed E-state index contributed by atoms with van der Waals surface area (Å²) >= 11 is 1.88. The third-order valence-corrected chi connectivity index (χ3v) is 5.07. The van der Waals surface area contributed by atoms with Crippen molar-refractivity contribution < 1.29 is 9.47 Å². The number of methoxy groups -OCH3 is 1. The van der Waals surface area contributed by atoms with Gasteiger partial charge in [0, 0.05) is 18.4 Å². The summed E-state index contributed by atoms with van der Waals surface area (Å²) in [5.74, 6) is 2.03. The minimum atomic E-state index is 0.331. The zero-order valence-electron chi connectivity index (χ0n) is 12.1. The van der Waals surface area contributed by atoms with Gasteiger partial charge < -0.3 is 14.8 Å². The number of aliphatic imine (C=N–C) groups is 1. The third kappa shape index (κ3) is 4.65. The summed E-state index contributed by atoms with van der Waals surface area (Å²) in [4.78, 5) is 4.60. The molecule has 0 bridgehead atoms. The Bertz CT molecular complexity index is 312. The molecule has 2 rings (SSSR count). The normalized spacial score (nSPS) is 32.9. The Morgan fingerprint density at radius 1 is 1.42 bits per heavy atom. The molecule has 1 saturated heterocycles. The molecule has 1 aliphatic heterocycles. The molecule has 0 aromatic carbocycles. The van der Waals surface area contributed by atoms with Gasteiger partial charge in [-0.05, 0) is 18.8 Å². The molecule has 5 heteroatoms. The van der Waals surface area contributed by atoms with Crippen LogP contribution in [0.25, 0.3) is 0 Å². The molecular weight excluding hydrogens is 260 g/mol. The molecule has 2 unspecified atom stereocenters. The van der Waals surface area contributed by atoms with Gasteiger partial charge in [0.25, 0.3) is 0 Å². The fraction of sp³-hybridized carbons (Fsp3) is 0.929. The van der Waals surface area contributed by atoms with Gasteiger partial charge >= 0.3 is 0 Å². The summed E-state index contributed by atoms with van der Waals surface area (Å²) in [6.45, 7) is 5.10. The van der Waals surface area contributed by atoms with Crippen molar-refractivity contribution in [3.63, 3.8) is 0 Å². The molecule has 1 saturated carbocycles. The van der Waals surface area contributed by atoms with Crippen molar-refractivity contribution in [2.45, 2.75) is 38.1 Å². The number of rotatable bonds is 6. The number of hydrogen-bond donors (Lipinski definition) is 1. The van der Waals surface area contributed by atoms with Crippen LogP contribution in [0.4, 0.5) is 0 Å². The zero-order valence-corrected chi connectivity index (χ0v) is 12.9. The Labute approximate surface area is 120 Å². The first kappa shape index (κ1) is 15.1. The van der Waals surface area contributed by atoms with E-state index < -0.39 is 0 Å². The highest BCUT2D eigenvalue weighted by molar-refractivity contribution is 8.14. The van der Waals surface area contributed by atoms with Crippen LogP contribution in [0.3, 0.4) is 0 Å². The lowest BCUT2D eigenvalue weighted by Crippen LogP contribution is -2.47. The fourth-order valence-corrected chi connectivity index (χ4v) is 4.17. The summed E-state index contributed by atoms with van der Waals surface area (Å²) in [6.07, 6.45) is 5.33. The summed E-state index contributed by atoms with van der Waals surface area (Å²) in [6, 6.07) is 0. The van der Waals surface area contributed by atoms with E-state index in [1.165, 1.54) is 31.4 Å². The van der Waals surface area contributed by atoms with Gasteiger partial charge in [-0.15, -0.1) is 0 Å². The molecule has 1 heterocycles. The van der Waals surface area contributed by atoms with Crippen LogP contribution in [0, 0.1) is 5.92 Å². The van der Waals surface area contributed by atoms with E-state index in [0.29, 0.717) is 25.4 Å². The van der Waals surface area contributed by atoms with Crippen LogP contribution in [-0.2, 0) is 9.47 Å². The first-order valence-corrected chi connectivity index (χ1v) is 8.25. The van der Waals surface area contributed by atoms with E-state index in [4.69, 9.17) is 9.47 Å². The maximum absolute atomic E-state index is 5.42. The predicted octanol–water partition coefficient (Wildman–Crippen LogP) is 2.29. The van der Waals surface area contributed by atoms with Gasteiger partial charge in [0.2, 0.25) is 0 Å². The Morgan fingerprint density at radius 2 is 2.32 bits per heavy atom. The van der Waals surface area contributed by atoms with Crippen LogP contribution < -0.4 is 5.32 Å². The number of ether oxygens (including phenoxy) is 2. The van der Waals surface area contributed by atoms with Crippen LogP contribution in [0.5, 0.6) is 0 Å². The van der Waals surface area contributed by atoms with E-state index in [1.54, 1.807) is 7.11 Å². The number of thioether (sulfide) groups is 1. The Balaban J connectivity index is 1.69. The highest BCUT2D eigenvalue weighted by Crippen LogP contribution is 2.38. The Hall–Kier alpha value is -0.260. The lowest BCUT2D eigenvalue weighted by atomic mass is 9.78. The fourth-order valence-electron chi connectivity index (χ4n) is 2.95. The summed E-state index contributed by atoms with van der Waals surface area (Å²) in [5, 5.41) is 4.79. The van der Waals surface area contributed by atoms with E-state index in [-0.39, 0.29) is 0 Å². The van der Waals surface area contributed by atoms with Crippen molar-refractivity contribution in [3.8, 4) is 0 Å². The number of amidine groups is 1. The molecule has 0 radical (unpaired) electrons. The topological polar surface area (TPSA) is 42.9 Å². The van der Waals surface area contributed by atoms with Crippen LogP contribution in [0.1, 0.15) is 32.6 Å².